The monoisotopic (exact) mass is 139 g/mol. The predicted molar refractivity (Wildman–Crippen MR) is 41.5 cm³/mol. The van der Waals surface area contributed by atoms with Crippen molar-refractivity contribution in [2.24, 2.45) is 5.41 Å². The first-order valence-corrected chi connectivity index (χ1v) is 3.81. The maximum atomic E-state index is 9.31. The summed E-state index contributed by atoms with van der Waals surface area (Å²) in [5, 5.41) is 9.31. The zero-order valence-corrected chi connectivity index (χ0v) is 6.94. The van der Waals surface area contributed by atoms with Gasteiger partial charge in [-0.2, -0.15) is 0 Å². The maximum Gasteiger partial charge on any atom is 0.0753 e. The fraction of sp³-hybridized carbons (Fsp3) is 0.778. The fourth-order valence-electron chi connectivity index (χ4n) is 1.39. The summed E-state index contributed by atoms with van der Waals surface area (Å²) in [4.78, 5) is 0. The summed E-state index contributed by atoms with van der Waals surface area (Å²) in [5.41, 5.74) is 1.19. The zero-order valence-electron chi connectivity index (χ0n) is 6.94. The molecule has 10 heavy (non-hydrogen) atoms. The molecule has 1 unspecified atom stereocenters. The van der Waals surface area contributed by atoms with E-state index in [0.717, 1.165) is 18.4 Å². The normalized spacial score (nSPS) is 31.6. The molecule has 1 atom stereocenters. The highest BCUT2D eigenvalue weighted by Crippen LogP contribution is 2.31. The molecule has 0 saturated heterocycles. The second-order valence-corrected chi connectivity index (χ2v) is 3.75. The fourth-order valence-corrected chi connectivity index (χ4v) is 1.39. The van der Waals surface area contributed by atoms with Crippen molar-refractivity contribution < 1.29 is 5.11 Å². The van der Waals surface area contributed by atoms with Crippen LogP contribution in [-0.2, 0) is 0 Å². The Balaban J connectivity index is 2.76. The van der Waals surface area contributed by atoms with Crippen molar-refractivity contribution in [1.82, 2.24) is 0 Å². The van der Waals surface area contributed by atoms with Crippen LogP contribution < -0.4 is 0 Å². The molecule has 0 aromatic carbocycles. The van der Waals surface area contributed by atoms with Crippen LogP contribution in [0, 0.1) is 11.5 Å². The van der Waals surface area contributed by atoms with Gasteiger partial charge in [0.1, 0.15) is 0 Å². The number of rotatable bonds is 0. The van der Waals surface area contributed by atoms with Gasteiger partial charge in [-0.25, -0.2) is 0 Å². The van der Waals surface area contributed by atoms with Gasteiger partial charge in [-0.1, -0.05) is 13.8 Å². The Morgan fingerprint density at radius 3 is 2.60 bits per heavy atom. The molecule has 0 spiro atoms. The molecule has 57 valence electrons. The SMILES string of the molecule is CC1=[C]C(C)(C)CCC1O. The molecule has 1 aliphatic rings. The number of hydrogen-bond acceptors (Lipinski definition) is 1. The molecule has 0 aromatic heterocycles. The van der Waals surface area contributed by atoms with Gasteiger partial charge < -0.3 is 5.11 Å². The standard InChI is InChI=1S/C9H15O/c1-7-6-9(2,3)5-4-8(7)10/h8,10H,4-5H2,1-3H3. The van der Waals surface area contributed by atoms with Crippen LogP contribution in [0.3, 0.4) is 0 Å². The van der Waals surface area contributed by atoms with Crippen molar-refractivity contribution >= 4 is 0 Å². The Hall–Kier alpha value is -0.300. The van der Waals surface area contributed by atoms with Crippen LogP contribution in [-0.4, -0.2) is 11.2 Å². The van der Waals surface area contributed by atoms with Crippen molar-refractivity contribution in [3.05, 3.63) is 11.6 Å². The number of aliphatic hydroxyl groups is 1. The Morgan fingerprint density at radius 1 is 1.60 bits per heavy atom. The predicted octanol–water partition coefficient (Wildman–Crippen LogP) is 1.92. The number of allylic oxidation sites excluding steroid dienone is 1. The van der Waals surface area contributed by atoms with Gasteiger partial charge in [0.2, 0.25) is 0 Å². The van der Waals surface area contributed by atoms with Crippen LogP contribution >= 0.6 is 0 Å². The summed E-state index contributed by atoms with van der Waals surface area (Å²) in [5.74, 6) is 0. The van der Waals surface area contributed by atoms with Gasteiger partial charge in [0.25, 0.3) is 0 Å². The third-order valence-electron chi connectivity index (χ3n) is 2.08. The van der Waals surface area contributed by atoms with E-state index in [1.165, 1.54) is 0 Å². The Kier molecular flexibility index (Phi) is 1.86. The van der Waals surface area contributed by atoms with Crippen LogP contribution in [0.25, 0.3) is 0 Å². The Labute approximate surface area is 62.8 Å². The largest absolute Gasteiger partial charge is 0.389 e. The minimum atomic E-state index is -0.229. The minimum Gasteiger partial charge on any atom is -0.389 e. The van der Waals surface area contributed by atoms with E-state index in [4.69, 9.17) is 0 Å². The lowest BCUT2D eigenvalue weighted by Crippen LogP contribution is -2.22. The summed E-state index contributed by atoms with van der Waals surface area (Å²) < 4.78 is 0. The highest BCUT2D eigenvalue weighted by Gasteiger charge is 2.24. The van der Waals surface area contributed by atoms with Crippen molar-refractivity contribution in [1.29, 1.82) is 0 Å². The van der Waals surface area contributed by atoms with E-state index in [0.29, 0.717) is 0 Å². The van der Waals surface area contributed by atoms with Gasteiger partial charge in [0.05, 0.1) is 6.10 Å². The molecule has 0 fully saturated rings. The summed E-state index contributed by atoms with van der Waals surface area (Å²) in [6.07, 6.45) is 4.99. The van der Waals surface area contributed by atoms with Crippen LogP contribution in [0.1, 0.15) is 33.6 Å². The number of hydrogen-bond donors (Lipinski definition) is 1. The van der Waals surface area contributed by atoms with Crippen LogP contribution in [0.5, 0.6) is 0 Å². The van der Waals surface area contributed by atoms with Crippen molar-refractivity contribution in [2.45, 2.75) is 39.7 Å². The number of aliphatic hydroxyl groups excluding tert-OH is 1. The summed E-state index contributed by atoms with van der Waals surface area (Å²) in [6, 6.07) is 0. The topological polar surface area (TPSA) is 20.2 Å². The Morgan fingerprint density at radius 2 is 2.20 bits per heavy atom. The molecule has 1 rings (SSSR count). The van der Waals surface area contributed by atoms with Gasteiger partial charge in [-0.15, -0.1) is 0 Å². The molecule has 1 N–H and O–H groups in total. The average Bonchev–Trinajstić information content (AvgIpc) is 1.79. The van der Waals surface area contributed by atoms with E-state index in [2.05, 4.69) is 19.9 Å². The van der Waals surface area contributed by atoms with Crippen LogP contribution in [0.4, 0.5) is 0 Å². The molecule has 0 saturated carbocycles. The second kappa shape index (κ2) is 2.39. The van der Waals surface area contributed by atoms with E-state index < -0.39 is 0 Å². The molecule has 0 amide bonds. The molecule has 1 heteroatoms. The molecule has 1 radical (unpaired) electrons. The Bertz CT molecular complexity index is 156. The van der Waals surface area contributed by atoms with E-state index in [1.807, 2.05) is 6.92 Å². The lowest BCUT2D eigenvalue weighted by molar-refractivity contribution is 0.163. The quantitative estimate of drug-likeness (QED) is 0.543. The highest BCUT2D eigenvalue weighted by molar-refractivity contribution is 5.08. The molecule has 1 nitrogen and oxygen atoms in total. The zero-order chi connectivity index (χ0) is 7.78. The van der Waals surface area contributed by atoms with E-state index >= 15 is 0 Å². The third kappa shape index (κ3) is 1.60. The first-order chi connectivity index (χ1) is 4.51. The summed E-state index contributed by atoms with van der Waals surface area (Å²) >= 11 is 0. The van der Waals surface area contributed by atoms with Gasteiger partial charge in [-0.3, -0.25) is 0 Å². The van der Waals surface area contributed by atoms with Gasteiger partial charge in [-0.05, 0) is 36.8 Å². The highest BCUT2D eigenvalue weighted by atomic mass is 16.3. The molecule has 0 aromatic rings. The average molecular weight is 139 g/mol. The summed E-state index contributed by atoms with van der Waals surface area (Å²) in [6.45, 7) is 6.26. The van der Waals surface area contributed by atoms with Gasteiger partial charge in [0, 0.05) is 0 Å². The third-order valence-corrected chi connectivity index (χ3v) is 2.08. The first kappa shape index (κ1) is 7.80. The summed E-state index contributed by atoms with van der Waals surface area (Å²) in [7, 11) is 0. The minimum absolute atomic E-state index is 0.184. The van der Waals surface area contributed by atoms with E-state index in [1.54, 1.807) is 0 Å². The molecule has 0 aliphatic heterocycles. The van der Waals surface area contributed by atoms with Crippen LogP contribution in [0.15, 0.2) is 5.57 Å². The lowest BCUT2D eigenvalue weighted by Gasteiger charge is -2.28. The van der Waals surface area contributed by atoms with Gasteiger partial charge in [0.15, 0.2) is 0 Å². The van der Waals surface area contributed by atoms with E-state index in [9.17, 15) is 5.11 Å². The second-order valence-electron chi connectivity index (χ2n) is 3.75. The smallest absolute Gasteiger partial charge is 0.0753 e. The van der Waals surface area contributed by atoms with Crippen molar-refractivity contribution in [2.75, 3.05) is 0 Å². The first-order valence-electron chi connectivity index (χ1n) is 3.81. The van der Waals surface area contributed by atoms with Crippen molar-refractivity contribution in [3.63, 3.8) is 0 Å². The van der Waals surface area contributed by atoms with Crippen LogP contribution in [0.2, 0.25) is 0 Å². The molecular weight excluding hydrogens is 124 g/mol. The van der Waals surface area contributed by atoms with Crippen molar-refractivity contribution in [3.8, 4) is 0 Å². The molecule has 1 aliphatic carbocycles. The molecule has 0 heterocycles. The molecule has 0 bridgehead atoms. The van der Waals surface area contributed by atoms with E-state index in [-0.39, 0.29) is 11.5 Å². The lowest BCUT2D eigenvalue weighted by atomic mass is 9.79. The molecular formula is C9H15O. The maximum absolute atomic E-state index is 9.31. The van der Waals surface area contributed by atoms with Gasteiger partial charge >= 0.3 is 0 Å².